The molecule has 5 nitrogen and oxygen atoms in total. The van der Waals surface area contributed by atoms with Crippen molar-refractivity contribution < 1.29 is 14.3 Å². The molecular weight excluding hydrogens is 244 g/mol. The summed E-state index contributed by atoms with van der Waals surface area (Å²) in [5.74, 6) is 0.678. The van der Waals surface area contributed by atoms with Gasteiger partial charge in [-0.1, -0.05) is 0 Å². The van der Waals surface area contributed by atoms with Crippen molar-refractivity contribution in [3.8, 4) is 0 Å². The summed E-state index contributed by atoms with van der Waals surface area (Å²) in [4.78, 5) is 15.3. The Morgan fingerprint density at radius 2 is 2.21 bits per heavy atom. The molecule has 2 aliphatic rings. The first-order valence-corrected chi connectivity index (χ1v) is 7.24. The van der Waals surface area contributed by atoms with E-state index in [2.05, 4.69) is 0 Å². The Hall–Kier alpha value is -0.810. The lowest BCUT2D eigenvalue weighted by atomic mass is 9.79. The Labute approximate surface area is 115 Å². The molecule has 2 rings (SSSR count). The average molecular weight is 270 g/mol. The zero-order chi connectivity index (χ0) is 13.9. The maximum absolute atomic E-state index is 11.8. The van der Waals surface area contributed by atoms with E-state index in [1.807, 2.05) is 11.8 Å². The number of likely N-dealkylation sites (tertiary alicyclic amines) is 1. The highest BCUT2D eigenvalue weighted by molar-refractivity contribution is 5.75. The number of rotatable bonds is 4. The predicted octanol–water partition coefficient (Wildman–Crippen LogP) is 1.58. The quantitative estimate of drug-likeness (QED) is 0.728. The van der Waals surface area contributed by atoms with Crippen LogP contribution in [0.25, 0.3) is 0 Å². The molecule has 2 saturated heterocycles. The molecule has 0 radical (unpaired) electrons. The van der Waals surface area contributed by atoms with Crippen molar-refractivity contribution in [2.24, 2.45) is 5.92 Å². The Morgan fingerprint density at radius 3 is 2.84 bits per heavy atom. The van der Waals surface area contributed by atoms with E-state index in [1.165, 1.54) is 0 Å². The standard InChI is InChI=1S/C14H26N2O3/c1-4-18-7-5-12-6-8-19-14(9-12)10-16(11-14)13(17)15(2)3/h12H,4-11H2,1-3H3/t12-/m1/s1. The van der Waals surface area contributed by atoms with Gasteiger partial charge < -0.3 is 19.3 Å². The summed E-state index contributed by atoms with van der Waals surface area (Å²) in [5.41, 5.74) is -0.0686. The zero-order valence-corrected chi connectivity index (χ0v) is 12.4. The van der Waals surface area contributed by atoms with Crippen molar-refractivity contribution in [2.45, 2.75) is 31.8 Å². The molecule has 110 valence electrons. The first-order chi connectivity index (χ1) is 9.06. The van der Waals surface area contributed by atoms with Gasteiger partial charge in [-0.2, -0.15) is 0 Å². The molecule has 0 aliphatic carbocycles. The number of urea groups is 1. The molecular formula is C14H26N2O3. The molecule has 2 heterocycles. The van der Waals surface area contributed by atoms with Crippen LogP contribution >= 0.6 is 0 Å². The van der Waals surface area contributed by atoms with Crippen LogP contribution in [0, 0.1) is 5.92 Å². The van der Waals surface area contributed by atoms with Crippen LogP contribution in [0.1, 0.15) is 26.2 Å². The largest absolute Gasteiger partial charge is 0.382 e. The predicted molar refractivity (Wildman–Crippen MR) is 73.2 cm³/mol. The Morgan fingerprint density at radius 1 is 1.47 bits per heavy atom. The SMILES string of the molecule is CCOCC[C@@H]1CCOC2(C1)CN(C(=O)N(C)C)C2. The van der Waals surface area contributed by atoms with Gasteiger partial charge in [-0.3, -0.25) is 0 Å². The second-order valence-electron chi connectivity index (χ2n) is 5.91. The van der Waals surface area contributed by atoms with Gasteiger partial charge in [0.15, 0.2) is 0 Å². The fourth-order valence-corrected chi connectivity index (χ4v) is 3.06. The number of carbonyl (C=O) groups is 1. The number of amides is 2. The summed E-state index contributed by atoms with van der Waals surface area (Å²) < 4.78 is 11.4. The van der Waals surface area contributed by atoms with E-state index in [4.69, 9.17) is 9.47 Å². The summed E-state index contributed by atoms with van der Waals surface area (Å²) in [6.45, 7) is 5.98. The van der Waals surface area contributed by atoms with Gasteiger partial charge in [0.2, 0.25) is 0 Å². The van der Waals surface area contributed by atoms with Gasteiger partial charge in [0.1, 0.15) is 5.60 Å². The third kappa shape index (κ3) is 3.39. The maximum Gasteiger partial charge on any atom is 0.319 e. The van der Waals surface area contributed by atoms with Crippen molar-refractivity contribution in [1.82, 2.24) is 9.80 Å². The minimum atomic E-state index is -0.0686. The average Bonchev–Trinajstić information content (AvgIpc) is 2.35. The van der Waals surface area contributed by atoms with E-state index in [9.17, 15) is 4.79 Å². The number of ether oxygens (including phenoxy) is 2. The zero-order valence-electron chi connectivity index (χ0n) is 12.4. The van der Waals surface area contributed by atoms with Crippen LogP contribution in [-0.2, 0) is 9.47 Å². The highest BCUT2D eigenvalue weighted by Gasteiger charge is 2.49. The van der Waals surface area contributed by atoms with E-state index in [1.54, 1.807) is 19.0 Å². The molecule has 0 saturated carbocycles. The van der Waals surface area contributed by atoms with Crippen molar-refractivity contribution in [1.29, 1.82) is 0 Å². The fourth-order valence-electron chi connectivity index (χ4n) is 3.06. The van der Waals surface area contributed by atoms with Crippen molar-refractivity contribution >= 4 is 6.03 Å². The first kappa shape index (κ1) is 14.6. The Balaban J connectivity index is 1.78. The Bertz CT molecular complexity index is 314. The van der Waals surface area contributed by atoms with Crippen LogP contribution in [0.3, 0.4) is 0 Å². The van der Waals surface area contributed by atoms with Gasteiger partial charge in [-0.15, -0.1) is 0 Å². The van der Waals surface area contributed by atoms with Crippen LogP contribution in [0.5, 0.6) is 0 Å². The minimum absolute atomic E-state index is 0.0686. The summed E-state index contributed by atoms with van der Waals surface area (Å²) in [5, 5.41) is 0. The van der Waals surface area contributed by atoms with Gasteiger partial charge in [0, 0.05) is 33.9 Å². The minimum Gasteiger partial charge on any atom is -0.382 e. The summed E-state index contributed by atoms with van der Waals surface area (Å²) in [7, 11) is 3.58. The summed E-state index contributed by atoms with van der Waals surface area (Å²) in [6.07, 6.45) is 3.30. The second kappa shape index (κ2) is 6.09. The molecule has 0 aromatic rings. The first-order valence-electron chi connectivity index (χ1n) is 7.24. The molecule has 0 bridgehead atoms. The number of carbonyl (C=O) groups excluding carboxylic acids is 1. The van der Waals surface area contributed by atoms with Gasteiger partial charge in [-0.25, -0.2) is 4.79 Å². The number of hydrogen-bond donors (Lipinski definition) is 0. The topological polar surface area (TPSA) is 42.0 Å². The maximum atomic E-state index is 11.8. The van der Waals surface area contributed by atoms with E-state index in [0.717, 1.165) is 52.2 Å². The highest BCUT2D eigenvalue weighted by Crippen LogP contribution is 2.38. The van der Waals surface area contributed by atoms with Crippen LogP contribution in [-0.4, -0.2) is 68.4 Å². The van der Waals surface area contributed by atoms with Gasteiger partial charge >= 0.3 is 6.03 Å². The molecule has 19 heavy (non-hydrogen) atoms. The molecule has 0 aromatic carbocycles. The lowest BCUT2D eigenvalue weighted by Crippen LogP contribution is -2.67. The van der Waals surface area contributed by atoms with Crippen molar-refractivity contribution in [3.05, 3.63) is 0 Å². The molecule has 2 amide bonds. The highest BCUT2D eigenvalue weighted by atomic mass is 16.5. The van der Waals surface area contributed by atoms with Crippen LogP contribution in [0.15, 0.2) is 0 Å². The van der Waals surface area contributed by atoms with E-state index in [0.29, 0.717) is 5.92 Å². The van der Waals surface area contributed by atoms with E-state index in [-0.39, 0.29) is 11.6 Å². The molecule has 1 atom stereocenters. The lowest BCUT2D eigenvalue weighted by molar-refractivity contribution is -0.167. The molecule has 5 heteroatoms. The van der Waals surface area contributed by atoms with Crippen LogP contribution < -0.4 is 0 Å². The van der Waals surface area contributed by atoms with Crippen molar-refractivity contribution in [3.63, 3.8) is 0 Å². The third-order valence-electron chi connectivity index (χ3n) is 4.08. The smallest absolute Gasteiger partial charge is 0.319 e. The summed E-state index contributed by atoms with van der Waals surface area (Å²) >= 11 is 0. The van der Waals surface area contributed by atoms with Crippen LogP contribution in [0.4, 0.5) is 4.79 Å². The van der Waals surface area contributed by atoms with Crippen molar-refractivity contribution in [2.75, 3.05) is 47.0 Å². The second-order valence-corrected chi connectivity index (χ2v) is 5.91. The normalized spacial score (nSPS) is 25.2. The van der Waals surface area contributed by atoms with E-state index >= 15 is 0 Å². The van der Waals surface area contributed by atoms with Gasteiger partial charge in [0.05, 0.1) is 13.1 Å². The van der Waals surface area contributed by atoms with Gasteiger partial charge in [0.25, 0.3) is 0 Å². The third-order valence-corrected chi connectivity index (χ3v) is 4.08. The Kier molecular flexibility index (Phi) is 4.68. The molecule has 0 aromatic heterocycles. The molecule has 2 aliphatic heterocycles. The summed E-state index contributed by atoms with van der Waals surface area (Å²) in [6, 6.07) is 0.0886. The van der Waals surface area contributed by atoms with Crippen LogP contribution in [0.2, 0.25) is 0 Å². The molecule has 1 spiro atoms. The lowest BCUT2D eigenvalue weighted by Gasteiger charge is -2.53. The number of hydrogen-bond acceptors (Lipinski definition) is 3. The number of nitrogens with zero attached hydrogens (tertiary/aromatic N) is 2. The fraction of sp³-hybridized carbons (Fsp3) is 0.929. The van der Waals surface area contributed by atoms with Gasteiger partial charge in [-0.05, 0) is 32.1 Å². The van der Waals surface area contributed by atoms with E-state index < -0.39 is 0 Å². The monoisotopic (exact) mass is 270 g/mol. The molecule has 0 N–H and O–H groups in total. The molecule has 2 fully saturated rings. The molecule has 0 unspecified atom stereocenters.